The van der Waals surface area contributed by atoms with E-state index in [0.717, 1.165) is 0 Å². The van der Waals surface area contributed by atoms with Crippen molar-refractivity contribution in [3.63, 3.8) is 0 Å². The number of hydrogen-bond donors (Lipinski definition) is 0. The van der Waals surface area contributed by atoms with E-state index in [9.17, 15) is 4.39 Å². The van der Waals surface area contributed by atoms with Crippen LogP contribution in [-0.4, -0.2) is 17.1 Å². The third-order valence-corrected chi connectivity index (χ3v) is 2.56. The van der Waals surface area contributed by atoms with E-state index in [1.165, 1.54) is 13.2 Å². The molecular formula is C12H10ClFN2O. The van der Waals surface area contributed by atoms with Crippen LogP contribution in [0, 0.1) is 5.82 Å². The molecular weight excluding hydrogens is 243 g/mol. The van der Waals surface area contributed by atoms with Crippen molar-refractivity contribution in [3.8, 4) is 17.0 Å². The fourth-order valence-electron chi connectivity index (χ4n) is 1.40. The Morgan fingerprint density at radius 2 is 2.12 bits per heavy atom. The van der Waals surface area contributed by atoms with Crippen LogP contribution in [0.2, 0.25) is 0 Å². The molecule has 1 heterocycles. The van der Waals surface area contributed by atoms with Crippen LogP contribution < -0.4 is 4.74 Å². The van der Waals surface area contributed by atoms with Crippen LogP contribution in [0.4, 0.5) is 4.39 Å². The first-order chi connectivity index (χ1) is 8.24. The van der Waals surface area contributed by atoms with Crippen molar-refractivity contribution in [3.05, 3.63) is 42.1 Å². The Labute approximate surface area is 103 Å². The third kappa shape index (κ3) is 2.53. The zero-order valence-corrected chi connectivity index (χ0v) is 9.91. The summed E-state index contributed by atoms with van der Waals surface area (Å²) in [5, 5.41) is 0. The maximum Gasteiger partial charge on any atom is 0.165 e. The second-order valence-corrected chi connectivity index (χ2v) is 3.64. The van der Waals surface area contributed by atoms with E-state index in [1.807, 2.05) is 0 Å². The van der Waals surface area contributed by atoms with E-state index in [-0.39, 0.29) is 5.75 Å². The minimum absolute atomic E-state index is 0.207. The summed E-state index contributed by atoms with van der Waals surface area (Å²) in [5.41, 5.74) is 1.93. The predicted molar refractivity (Wildman–Crippen MR) is 63.5 cm³/mol. The molecule has 2 rings (SSSR count). The number of alkyl halides is 1. The zero-order valence-electron chi connectivity index (χ0n) is 9.15. The lowest BCUT2D eigenvalue weighted by Crippen LogP contribution is -1.92. The van der Waals surface area contributed by atoms with Gasteiger partial charge in [0.15, 0.2) is 11.6 Å². The van der Waals surface area contributed by atoms with Crippen molar-refractivity contribution in [1.82, 2.24) is 9.97 Å². The minimum atomic E-state index is -0.423. The topological polar surface area (TPSA) is 35.0 Å². The number of halogens is 2. The summed E-state index contributed by atoms with van der Waals surface area (Å²) in [4.78, 5) is 8.26. The smallest absolute Gasteiger partial charge is 0.165 e. The molecule has 0 unspecified atom stereocenters. The van der Waals surface area contributed by atoms with E-state index in [4.69, 9.17) is 16.3 Å². The van der Waals surface area contributed by atoms with Crippen LogP contribution in [0.1, 0.15) is 5.69 Å². The molecule has 0 aliphatic heterocycles. The summed E-state index contributed by atoms with van der Waals surface area (Å²) in [5.74, 6) is 0.0943. The second-order valence-electron chi connectivity index (χ2n) is 3.38. The van der Waals surface area contributed by atoms with E-state index in [2.05, 4.69) is 9.97 Å². The molecule has 88 valence electrons. The Morgan fingerprint density at radius 1 is 1.29 bits per heavy atom. The lowest BCUT2D eigenvalue weighted by Gasteiger charge is -2.04. The van der Waals surface area contributed by atoms with Crippen LogP contribution >= 0.6 is 11.6 Å². The van der Waals surface area contributed by atoms with Gasteiger partial charge in [-0.25, -0.2) is 4.39 Å². The molecule has 0 radical (unpaired) electrons. The molecule has 2 aromatic rings. The van der Waals surface area contributed by atoms with Gasteiger partial charge >= 0.3 is 0 Å². The Bertz CT molecular complexity index is 516. The molecule has 0 atom stereocenters. The highest BCUT2D eigenvalue weighted by molar-refractivity contribution is 6.16. The summed E-state index contributed by atoms with van der Waals surface area (Å²) in [6.45, 7) is 0. The molecule has 0 amide bonds. The van der Waals surface area contributed by atoms with E-state index in [1.54, 1.807) is 24.5 Å². The van der Waals surface area contributed by atoms with Crippen molar-refractivity contribution < 1.29 is 9.13 Å². The average Bonchev–Trinajstić information content (AvgIpc) is 2.39. The molecule has 5 heteroatoms. The quantitative estimate of drug-likeness (QED) is 0.788. The summed E-state index contributed by atoms with van der Waals surface area (Å²) in [6.07, 6.45) is 3.14. The van der Waals surface area contributed by atoms with Crippen LogP contribution in [0.3, 0.4) is 0 Å². The molecule has 3 nitrogen and oxygen atoms in total. The van der Waals surface area contributed by atoms with Crippen molar-refractivity contribution >= 4 is 11.6 Å². The van der Waals surface area contributed by atoms with E-state index >= 15 is 0 Å². The van der Waals surface area contributed by atoms with Gasteiger partial charge in [-0.3, -0.25) is 9.97 Å². The largest absolute Gasteiger partial charge is 0.494 e. The summed E-state index contributed by atoms with van der Waals surface area (Å²) in [6, 6.07) is 4.65. The van der Waals surface area contributed by atoms with Crippen LogP contribution in [0.5, 0.6) is 5.75 Å². The van der Waals surface area contributed by atoms with Gasteiger partial charge in [-0.2, -0.15) is 0 Å². The van der Waals surface area contributed by atoms with Gasteiger partial charge in [0.05, 0.1) is 36.8 Å². The first-order valence-electron chi connectivity index (χ1n) is 4.95. The van der Waals surface area contributed by atoms with Gasteiger partial charge in [0, 0.05) is 5.56 Å². The molecule has 0 saturated carbocycles. The lowest BCUT2D eigenvalue weighted by atomic mass is 10.1. The summed E-state index contributed by atoms with van der Waals surface area (Å²) >= 11 is 5.61. The maximum atomic E-state index is 13.5. The molecule has 0 bridgehead atoms. The minimum Gasteiger partial charge on any atom is -0.494 e. The highest BCUT2D eigenvalue weighted by Crippen LogP contribution is 2.23. The molecule has 0 spiro atoms. The normalized spacial score (nSPS) is 10.3. The molecule has 0 N–H and O–H groups in total. The molecule has 1 aromatic heterocycles. The molecule has 1 aromatic carbocycles. The van der Waals surface area contributed by atoms with Crippen molar-refractivity contribution in [1.29, 1.82) is 0 Å². The first kappa shape index (κ1) is 11.8. The predicted octanol–water partition coefficient (Wildman–Crippen LogP) is 3.03. The monoisotopic (exact) mass is 252 g/mol. The summed E-state index contributed by atoms with van der Waals surface area (Å²) in [7, 11) is 1.42. The van der Waals surface area contributed by atoms with Gasteiger partial charge in [0.1, 0.15) is 0 Å². The number of methoxy groups -OCH3 is 1. The van der Waals surface area contributed by atoms with Gasteiger partial charge < -0.3 is 4.74 Å². The Morgan fingerprint density at radius 3 is 2.65 bits per heavy atom. The Hall–Kier alpha value is -1.68. The number of aromatic nitrogens is 2. The van der Waals surface area contributed by atoms with Crippen LogP contribution in [0.15, 0.2) is 30.6 Å². The van der Waals surface area contributed by atoms with Crippen LogP contribution in [0.25, 0.3) is 11.3 Å². The average molecular weight is 253 g/mol. The molecule has 0 saturated heterocycles. The Balaban J connectivity index is 2.35. The number of ether oxygens (including phenoxy) is 1. The molecule has 0 aliphatic carbocycles. The highest BCUT2D eigenvalue weighted by Gasteiger charge is 2.06. The highest BCUT2D eigenvalue weighted by atomic mass is 35.5. The van der Waals surface area contributed by atoms with E-state index in [0.29, 0.717) is 22.8 Å². The SMILES string of the molecule is COc1ccc(-c2cnc(CCl)cn2)cc1F. The Kier molecular flexibility index (Phi) is 3.54. The van der Waals surface area contributed by atoms with Gasteiger partial charge in [0.2, 0.25) is 0 Å². The van der Waals surface area contributed by atoms with Gasteiger partial charge in [-0.1, -0.05) is 0 Å². The molecule has 17 heavy (non-hydrogen) atoms. The number of hydrogen-bond acceptors (Lipinski definition) is 3. The van der Waals surface area contributed by atoms with Crippen molar-refractivity contribution in [2.24, 2.45) is 0 Å². The number of nitrogens with zero attached hydrogens (tertiary/aromatic N) is 2. The molecule has 0 aliphatic rings. The molecule has 0 fully saturated rings. The van der Waals surface area contributed by atoms with E-state index < -0.39 is 5.82 Å². The first-order valence-corrected chi connectivity index (χ1v) is 5.49. The van der Waals surface area contributed by atoms with Gasteiger partial charge in [-0.05, 0) is 18.2 Å². The van der Waals surface area contributed by atoms with Crippen LogP contribution in [-0.2, 0) is 5.88 Å². The maximum absolute atomic E-state index is 13.5. The van der Waals surface area contributed by atoms with Crippen molar-refractivity contribution in [2.45, 2.75) is 5.88 Å². The standard InChI is InChI=1S/C12H10ClFN2O/c1-17-12-3-2-8(4-10(12)14)11-7-15-9(5-13)6-16-11/h2-4,6-7H,5H2,1H3. The van der Waals surface area contributed by atoms with Gasteiger partial charge in [-0.15, -0.1) is 11.6 Å². The number of rotatable bonds is 3. The third-order valence-electron chi connectivity index (χ3n) is 2.29. The fourth-order valence-corrected chi connectivity index (χ4v) is 1.54. The van der Waals surface area contributed by atoms with Crippen molar-refractivity contribution in [2.75, 3.05) is 7.11 Å². The lowest BCUT2D eigenvalue weighted by molar-refractivity contribution is 0.386. The second kappa shape index (κ2) is 5.10. The zero-order chi connectivity index (χ0) is 12.3. The number of benzene rings is 1. The fraction of sp³-hybridized carbons (Fsp3) is 0.167. The summed E-state index contributed by atoms with van der Waals surface area (Å²) < 4.78 is 18.3. The van der Waals surface area contributed by atoms with Gasteiger partial charge in [0.25, 0.3) is 0 Å².